The highest BCUT2D eigenvalue weighted by Gasteiger charge is 2.08. The number of hydrazine groups is 1. The van der Waals surface area contributed by atoms with Crippen molar-refractivity contribution in [3.05, 3.63) is 24.3 Å². The molecular formula is C12H15N5O2S. The van der Waals surface area contributed by atoms with Gasteiger partial charge in [0.15, 0.2) is 0 Å². The number of nitrogen functional groups attached to an aromatic ring is 1. The maximum absolute atomic E-state index is 5.56. The molecule has 1 aromatic carbocycles. The highest BCUT2D eigenvalue weighted by molar-refractivity contribution is 7.98. The van der Waals surface area contributed by atoms with Gasteiger partial charge < -0.3 is 9.47 Å². The van der Waals surface area contributed by atoms with E-state index in [0.29, 0.717) is 12.4 Å². The average Bonchev–Trinajstić information content (AvgIpc) is 2.48. The third kappa shape index (κ3) is 3.72. The monoisotopic (exact) mass is 293 g/mol. The van der Waals surface area contributed by atoms with Crippen LogP contribution in [0.25, 0.3) is 0 Å². The van der Waals surface area contributed by atoms with E-state index in [4.69, 9.17) is 15.3 Å². The number of nitrogens with one attached hydrogen (secondary N) is 1. The molecule has 0 unspecified atom stereocenters. The molecule has 0 spiro atoms. The number of anilines is 1. The van der Waals surface area contributed by atoms with Gasteiger partial charge in [0, 0.05) is 4.90 Å². The molecule has 7 nitrogen and oxygen atoms in total. The maximum atomic E-state index is 5.56. The maximum Gasteiger partial charge on any atom is 0.330 e. The summed E-state index contributed by atoms with van der Waals surface area (Å²) in [5.41, 5.74) is 2.34. The highest BCUT2D eigenvalue weighted by Crippen LogP contribution is 2.23. The van der Waals surface area contributed by atoms with Crippen LogP contribution in [-0.2, 0) is 0 Å². The van der Waals surface area contributed by atoms with E-state index in [-0.39, 0.29) is 18.0 Å². The van der Waals surface area contributed by atoms with Gasteiger partial charge in [-0.2, -0.15) is 9.97 Å². The fourth-order valence-corrected chi connectivity index (χ4v) is 1.80. The molecule has 0 saturated heterocycles. The molecular weight excluding hydrogens is 278 g/mol. The number of hydrogen-bond acceptors (Lipinski definition) is 8. The number of benzene rings is 1. The van der Waals surface area contributed by atoms with Crippen LogP contribution in [0.1, 0.15) is 6.92 Å². The van der Waals surface area contributed by atoms with Crippen LogP contribution in [0.15, 0.2) is 29.2 Å². The molecule has 3 N–H and O–H groups in total. The predicted molar refractivity (Wildman–Crippen MR) is 77.1 cm³/mol. The molecule has 0 radical (unpaired) electrons. The predicted octanol–water partition coefficient (Wildman–Crippen LogP) is 2.07. The summed E-state index contributed by atoms with van der Waals surface area (Å²) in [7, 11) is 0. The van der Waals surface area contributed by atoms with Crippen LogP contribution in [0.3, 0.4) is 0 Å². The van der Waals surface area contributed by atoms with Crippen molar-refractivity contribution in [3.8, 4) is 17.8 Å². The molecule has 1 heterocycles. The molecule has 0 bridgehead atoms. The number of aromatic nitrogens is 3. The first-order valence-corrected chi connectivity index (χ1v) is 7.15. The zero-order valence-corrected chi connectivity index (χ0v) is 12.0. The second-order valence-corrected chi connectivity index (χ2v) is 4.46. The molecule has 0 aliphatic rings. The quantitative estimate of drug-likeness (QED) is 0.475. The van der Waals surface area contributed by atoms with E-state index in [1.54, 1.807) is 11.8 Å². The van der Waals surface area contributed by atoms with Crippen LogP contribution in [0.5, 0.6) is 17.8 Å². The van der Waals surface area contributed by atoms with Gasteiger partial charge in [-0.05, 0) is 37.4 Å². The van der Waals surface area contributed by atoms with E-state index in [1.807, 2.05) is 37.4 Å². The third-order valence-electron chi connectivity index (χ3n) is 2.27. The topological polar surface area (TPSA) is 95.2 Å². The first-order valence-electron chi connectivity index (χ1n) is 5.92. The zero-order chi connectivity index (χ0) is 14.4. The van der Waals surface area contributed by atoms with Crippen molar-refractivity contribution >= 4 is 17.7 Å². The summed E-state index contributed by atoms with van der Waals surface area (Å²) < 4.78 is 10.8. The van der Waals surface area contributed by atoms with E-state index in [9.17, 15) is 0 Å². The first-order chi connectivity index (χ1) is 9.75. The van der Waals surface area contributed by atoms with Gasteiger partial charge in [0.05, 0.1) is 6.61 Å². The standard InChI is InChI=1S/C12H15N5O2S/c1-3-18-11-14-10(17-13)15-12(16-11)19-8-4-6-9(20-2)7-5-8/h4-7H,3,13H2,1-2H3,(H,14,15,16,17). The minimum absolute atomic E-state index is 0.119. The van der Waals surface area contributed by atoms with Gasteiger partial charge in [-0.25, -0.2) is 5.84 Å². The van der Waals surface area contributed by atoms with Crippen molar-refractivity contribution < 1.29 is 9.47 Å². The SMILES string of the molecule is CCOc1nc(NN)nc(Oc2ccc(SC)cc2)n1. The Labute approximate surface area is 120 Å². The molecule has 0 fully saturated rings. The minimum atomic E-state index is 0.119. The second kappa shape index (κ2) is 6.92. The van der Waals surface area contributed by atoms with Crippen molar-refractivity contribution in [2.45, 2.75) is 11.8 Å². The number of rotatable bonds is 6. The van der Waals surface area contributed by atoms with Crippen molar-refractivity contribution in [2.24, 2.45) is 5.84 Å². The lowest BCUT2D eigenvalue weighted by Gasteiger charge is -2.07. The van der Waals surface area contributed by atoms with Gasteiger partial charge in [-0.1, -0.05) is 0 Å². The Kier molecular flexibility index (Phi) is 4.97. The second-order valence-electron chi connectivity index (χ2n) is 3.58. The average molecular weight is 293 g/mol. The molecule has 0 amide bonds. The molecule has 0 aliphatic carbocycles. The molecule has 2 aromatic rings. The Morgan fingerprint density at radius 1 is 1.15 bits per heavy atom. The van der Waals surface area contributed by atoms with Crippen molar-refractivity contribution in [2.75, 3.05) is 18.3 Å². The summed E-state index contributed by atoms with van der Waals surface area (Å²) in [6.07, 6.45) is 2.01. The van der Waals surface area contributed by atoms with Gasteiger partial charge in [0.25, 0.3) is 0 Å². The Bertz CT molecular complexity index is 564. The van der Waals surface area contributed by atoms with Gasteiger partial charge in [-0.3, -0.25) is 5.43 Å². The van der Waals surface area contributed by atoms with Crippen LogP contribution < -0.4 is 20.7 Å². The minimum Gasteiger partial charge on any atom is -0.464 e. The number of nitrogens with zero attached hydrogens (tertiary/aromatic N) is 3. The van der Waals surface area contributed by atoms with E-state index in [1.165, 1.54) is 0 Å². The molecule has 20 heavy (non-hydrogen) atoms. The van der Waals surface area contributed by atoms with Crippen LogP contribution in [-0.4, -0.2) is 27.8 Å². The number of hydrogen-bond donors (Lipinski definition) is 2. The molecule has 0 saturated carbocycles. The van der Waals surface area contributed by atoms with Crippen LogP contribution in [0.4, 0.5) is 5.95 Å². The van der Waals surface area contributed by atoms with Crippen LogP contribution in [0, 0.1) is 0 Å². The summed E-state index contributed by atoms with van der Waals surface area (Å²) in [5, 5.41) is 0. The Hall–Kier alpha value is -2.06. The largest absolute Gasteiger partial charge is 0.464 e. The third-order valence-corrected chi connectivity index (χ3v) is 3.01. The van der Waals surface area contributed by atoms with Gasteiger partial charge >= 0.3 is 12.0 Å². The Morgan fingerprint density at radius 3 is 2.45 bits per heavy atom. The van der Waals surface area contributed by atoms with E-state index in [0.717, 1.165) is 4.90 Å². The first kappa shape index (κ1) is 14.4. The number of nitrogens with two attached hydrogens (primary N) is 1. The number of ether oxygens (including phenoxy) is 2. The molecule has 8 heteroatoms. The van der Waals surface area contributed by atoms with Crippen LogP contribution >= 0.6 is 11.8 Å². The highest BCUT2D eigenvalue weighted by atomic mass is 32.2. The summed E-state index contributed by atoms with van der Waals surface area (Å²) in [6, 6.07) is 7.86. The normalized spacial score (nSPS) is 10.2. The van der Waals surface area contributed by atoms with Gasteiger partial charge in [0.1, 0.15) is 5.75 Å². The summed E-state index contributed by atoms with van der Waals surface area (Å²) in [5.74, 6) is 6.10. The van der Waals surface area contributed by atoms with Crippen LogP contribution in [0.2, 0.25) is 0 Å². The molecule has 0 atom stereocenters. The van der Waals surface area contributed by atoms with Crippen molar-refractivity contribution in [1.82, 2.24) is 15.0 Å². The Morgan fingerprint density at radius 2 is 1.85 bits per heavy atom. The lowest BCUT2D eigenvalue weighted by molar-refractivity contribution is 0.304. The van der Waals surface area contributed by atoms with Crippen molar-refractivity contribution in [1.29, 1.82) is 0 Å². The molecule has 106 valence electrons. The molecule has 2 rings (SSSR count). The summed E-state index contributed by atoms with van der Waals surface area (Å²) in [4.78, 5) is 13.1. The fraction of sp³-hybridized carbons (Fsp3) is 0.250. The smallest absolute Gasteiger partial charge is 0.330 e. The van der Waals surface area contributed by atoms with E-state index < -0.39 is 0 Å². The van der Waals surface area contributed by atoms with Gasteiger partial charge in [-0.15, -0.1) is 16.7 Å². The number of thioether (sulfide) groups is 1. The Balaban J connectivity index is 2.20. The zero-order valence-electron chi connectivity index (χ0n) is 11.2. The van der Waals surface area contributed by atoms with E-state index in [2.05, 4.69) is 20.4 Å². The fourth-order valence-electron chi connectivity index (χ4n) is 1.39. The molecule has 0 aliphatic heterocycles. The lowest BCUT2D eigenvalue weighted by atomic mass is 10.3. The lowest BCUT2D eigenvalue weighted by Crippen LogP contribution is -2.12. The molecule has 1 aromatic heterocycles. The van der Waals surface area contributed by atoms with E-state index >= 15 is 0 Å². The van der Waals surface area contributed by atoms with Gasteiger partial charge in [0.2, 0.25) is 5.95 Å². The summed E-state index contributed by atoms with van der Waals surface area (Å²) in [6.45, 7) is 2.27. The van der Waals surface area contributed by atoms with Crippen molar-refractivity contribution in [3.63, 3.8) is 0 Å². The summed E-state index contributed by atoms with van der Waals surface area (Å²) >= 11 is 1.66.